The van der Waals surface area contributed by atoms with Crippen LogP contribution in [0.4, 0.5) is 4.79 Å². The molecule has 0 aliphatic carbocycles. The standard InChI is InChI=1S/C28H44N2O6Si2/c1-8-28(34,26(32)35-17-19-37(2,3)4)30(29-27(33)36-18-20-38(5,6)7)25(31)16-14-22-13-15-23-11-9-10-12-24(23)21-22/h9-13,15,21,34H,8,14,16-20H2,1-7H3,(H,29,33)/t28-/m1/s1. The molecule has 210 valence electrons. The molecule has 10 heteroatoms. The van der Waals surface area contributed by atoms with E-state index in [0.29, 0.717) is 17.5 Å². The summed E-state index contributed by atoms with van der Waals surface area (Å²) in [5.74, 6) is -1.59. The molecule has 0 spiro atoms. The molecule has 2 rings (SSSR count). The predicted molar refractivity (Wildman–Crippen MR) is 156 cm³/mol. The van der Waals surface area contributed by atoms with Crippen molar-refractivity contribution in [1.29, 1.82) is 0 Å². The number of benzene rings is 2. The summed E-state index contributed by atoms with van der Waals surface area (Å²) in [6, 6.07) is 15.3. The maximum absolute atomic E-state index is 13.4. The summed E-state index contributed by atoms with van der Waals surface area (Å²) in [7, 11) is -2.95. The van der Waals surface area contributed by atoms with E-state index in [1.54, 1.807) is 6.92 Å². The lowest BCUT2D eigenvalue weighted by atomic mass is 10.0. The molecule has 0 fully saturated rings. The van der Waals surface area contributed by atoms with Crippen molar-refractivity contribution in [2.45, 2.75) is 83.3 Å². The third-order valence-electron chi connectivity index (χ3n) is 6.25. The summed E-state index contributed by atoms with van der Waals surface area (Å²) in [4.78, 5) is 39.1. The third-order valence-corrected chi connectivity index (χ3v) is 9.66. The van der Waals surface area contributed by atoms with E-state index < -0.39 is 39.8 Å². The van der Waals surface area contributed by atoms with Crippen molar-refractivity contribution in [1.82, 2.24) is 10.4 Å². The summed E-state index contributed by atoms with van der Waals surface area (Å²) in [6.07, 6.45) is -0.755. The molecule has 0 saturated heterocycles. The topological polar surface area (TPSA) is 105 Å². The van der Waals surface area contributed by atoms with E-state index in [9.17, 15) is 19.5 Å². The van der Waals surface area contributed by atoms with Crippen LogP contribution in [0.2, 0.25) is 51.4 Å². The van der Waals surface area contributed by atoms with Gasteiger partial charge in [0.15, 0.2) is 0 Å². The summed E-state index contributed by atoms with van der Waals surface area (Å²) >= 11 is 0. The fourth-order valence-corrected chi connectivity index (χ4v) is 5.08. The number of hydrogen-bond acceptors (Lipinski definition) is 6. The second-order valence-electron chi connectivity index (χ2n) is 12.1. The van der Waals surface area contributed by atoms with Gasteiger partial charge in [-0.25, -0.2) is 20.0 Å². The number of amides is 2. The average molecular weight is 561 g/mol. The van der Waals surface area contributed by atoms with Gasteiger partial charge in [0.05, 0.1) is 13.2 Å². The van der Waals surface area contributed by atoms with Crippen molar-refractivity contribution < 1.29 is 29.0 Å². The van der Waals surface area contributed by atoms with Crippen molar-refractivity contribution in [3.63, 3.8) is 0 Å². The predicted octanol–water partition coefficient (Wildman–Crippen LogP) is 5.56. The van der Waals surface area contributed by atoms with E-state index in [2.05, 4.69) is 44.7 Å². The highest BCUT2D eigenvalue weighted by atomic mass is 28.3. The largest absolute Gasteiger partial charge is 0.462 e. The van der Waals surface area contributed by atoms with E-state index in [0.717, 1.165) is 22.4 Å². The zero-order valence-electron chi connectivity index (χ0n) is 23.9. The van der Waals surface area contributed by atoms with Gasteiger partial charge in [-0.2, -0.15) is 0 Å². The first-order valence-corrected chi connectivity index (χ1v) is 20.7. The SMILES string of the molecule is CC[C@@](O)(C(=O)OCC[Si](C)(C)C)N(NC(=O)OCC[Si](C)(C)C)C(=O)CCc1ccc2ccccc2c1. The summed E-state index contributed by atoms with van der Waals surface area (Å²) in [6.45, 7) is 14.8. The summed E-state index contributed by atoms with van der Waals surface area (Å²) < 4.78 is 10.7. The van der Waals surface area contributed by atoms with Gasteiger partial charge in [0.1, 0.15) is 0 Å². The van der Waals surface area contributed by atoms with Gasteiger partial charge in [-0.15, -0.1) is 0 Å². The van der Waals surface area contributed by atoms with Crippen LogP contribution in [-0.2, 0) is 25.5 Å². The lowest BCUT2D eigenvalue weighted by Crippen LogP contribution is -2.64. The maximum atomic E-state index is 13.4. The molecule has 0 unspecified atom stereocenters. The van der Waals surface area contributed by atoms with E-state index in [1.807, 2.05) is 42.5 Å². The molecular weight excluding hydrogens is 516 g/mol. The number of esters is 1. The number of aryl methyl sites for hydroxylation is 1. The van der Waals surface area contributed by atoms with Crippen LogP contribution in [0.15, 0.2) is 42.5 Å². The van der Waals surface area contributed by atoms with Crippen LogP contribution in [-0.4, -0.2) is 63.2 Å². The number of nitrogens with one attached hydrogen (secondary N) is 1. The first-order chi connectivity index (χ1) is 17.6. The highest BCUT2D eigenvalue weighted by molar-refractivity contribution is 6.76. The molecule has 0 aliphatic rings. The number of carbonyl (C=O) groups is 3. The Labute approximate surface area is 228 Å². The Bertz CT molecular complexity index is 1110. The minimum atomic E-state index is -2.36. The van der Waals surface area contributed by atoms with Gasteiger partial charge >= 0.3 is 12.1 Å². The van der Waals surface area contributed by atoms with Gasteiger partial charge in [-0.3, -0.25) is 4.79 Å². The highest BCUT2D eigenvalue weighted by Gasteiger charge is 2.46. The quantitative estimate of drug-likeness (QED) is 0.152. The molecule has 8 nitrogen and oxygen atoms in total. The minimum Gasteiger partial charge on any atom is -0.462 e. The van der Waals surface area contributed by atoms with Crippen molar-refractivity contribution in [3.8, 4) is 0 Å². The average Bonchev–Trinajstić information content (AvgIpc) is 2.83. The fraction of sp³-hybridized carbons (Fsp3) is 0.536. The van der Waals surface area contributed by atoms with E-state index in [1.165, 1.54) is 0 Å². The number of hydrazine groups is 1. The Morgan fingerprint density at radius 3 is 2.05 bits per heavy atom. The third kappa shape index (κ3) is 9.88. The number of carbonyl (C=O) groups excluding carboxylic acids is 3. The number of rotatable bonds is 12. The van der Waals surface area contributed by atoms with Crippen molar-refractivity contribution in [3.05, 3.63) is 48.0 Å². The van der Waals surface area contributed by atoms with E-state index in [-0.39, 0.29) is 26.1 Å². The number of fused-ring (bicyclic) bond motifs is 1. The second kappa shape index (κ2) is 13.4. The summed E-state index contributed by atoms with van der Waals surface area (Å²) in [5.41, 5.74) is 0.904. The molecule has 2 aromatic carbocycles. The Hall–Kier alpha value is -2.70. The normalized spacial score (nSPS) is 13.5. The number of hydrogen-bond donors (Lipinski definition) is 2. The van der Waals surface area contributed by atoms with Gasteiger partial charge in [0, 0.05) is 29.0 Å². The van der Waals surface area contributed by atoms with Crippen LogP contribution in [0.25, 0.3) is 10.8 Å². The van der Waals surface area contributed by atoms with Gasteiger partial charge < -0.3 is 14.6 Å². The first kappa shape index (κ1) is 31.5. The maximum Gasteiger partial charge on any atom is 0.426 e. The van der Waals surface area contributed by atoms with Crippen LogP contribution in [0.1, 0.15) is 25.3 Å². The molecule has 0 bridgehead atoms. The van der Waals surface area contributed by atoms with Crippen molar-refractivity contribution >= 4 is 44.9 Å². The Balaban J connectivity index is 2.20. The molecule has 0 radical (unpaired) electrons. The second-order valence-corrected chi connectivity index (χ2v) is 23.3. The molecule has 38 heavy (non-hydrogen) atoms. The van der Waals surface area contributed by atoms with Crippen molar-refractivity contribution in [2.24, 2.45) is 0 Å². The highest BCUT2D eigenvalue weighted by Crippen LogP contribution is 2.22. The molecule has 2 aromatic rings. The Kier molecular flexibility index (Phi) is 11.1. The van der Waals surface area contributed by atoms with Gasteiger partial charge in [-0.05, 0) is 34.8 Å². The molecule has 0 heterocycles. The van der Waals surface area contributed by atoms with Crippen LogP contribution < -0.4 is 5.43 Å². The summed E-state index contributed by atoms with van der Waals surface area (Å²) in [5, 5.41) is 14.2. The lowest BCUT2D eigenvalue weighted by Gasteiger charge is -2.36. The lowest BCUT2D eigenvalue weighted by molar-refractivity contribution is -0.200. The molecule has 1 atom stereocenters. The zero-order valence-corrected chi connectivity index (χ0v) is 25.9. The Morgan fingerprint density at radius 1 is 0.895 bits per heavy atom. The van der Waals surface area contributed by atoms with Gasteiger partial charge in [0.25, 0.3) is 5.72 Å². The van der Waals surface area contributed by atoms with Gasteiger partial charge in [-0.1, -0.05) is 88.7 Å². The van der Waals surface area contributed by atoms with Crippen LogP contribution in [0.3, 0.4) is 0 Å². The van der Waals surface area contributed by atoms with E-state index in [4.69, 9.17) is 9.47 Å². The fourth-order valence-electron chi connectivity index (χ4n) is 3.65. The zero-order chi connectivity index (χ0) is 28.6. The van der Waals surface area contributed by atoms with Crippen LogP contribution >= 0.6 is 0 Å². The molecule has 0 saturated carbocycles. The Morgan fingerprint density at radius 2 is 1.47 bits per heavy atom. The first-order valence-electron chi connectivity index (χ1n) is 13.3. The van der Waals surface area contributed by atoms with Crippen LogP contribution in [0, 0.1) is 0 Å². The van der Waals surface area contributed by atoms with Crippen molar-refractivity contribution in [2.75, 3.05) is 13.2 Å². The molecule has 2 N–H and O–H groups in total. The molecular formula is C28H44N2O6Si2. The monoisotopic (exact) mass is 560 g/mol. The number of aliphatic hydroxyl groups is 1. The minimum absolute atomic E-state index is 0.0436. The number of nitrogens with zero attached hydrogens (tertiary/aromatic N) is 1. The smallest absolute Gasteiger partial charge is 0.426 e. The molecule has 2 amide bonds. The number of ether oxygens (including phenoxy) is 2. The van der Waals surface area contributed by atoms with Crippen LogP contribution in [0.5, 0.6) is 0 Å². The van der Waals surface area contributed by atoms with Gasteiger partial charge in [0.2, 0.25) is 5.91 Å². The van der Waals surface area contributed by atoms with E-state index >= 15 is 0 Å². The molecule has 0 aromatic heterocycles. The molecule has 0 aliphatic heterocycles.